The predicted molar refractivity (Wildman–Crippen MR) is 98.2 cm³/mol. The van der Waals surface area contributed by atoms with E-state index >= 15 is 0 Å². The number of anilines is 2. The van der Waals surface area contributed by atoms with Gasteiger partial charge in [-0.3, -0.25) is 4.79 Å². The zero-order valence-electron chi connectivity index (χ0n) is 13.7. The number of carbonyl (C=O) groups is 1. The summed E-state index contributed by atoms with van der Waals surface area (Å²) in [5.74, 6) is -0.390. The van der Waals surface area contributed by atoms with Gasteiger partial charge in [-0.1, -0.05) is 31.2 Å². The number of fused-ring (bicyclic) bond motifs is 1. The fourth-order valence-corrected chi connectivity index (χ4v) is 3.27. The van der Waals surface area contributed by atoms with E-state index in [2.05, 4.69) is 0 Å². The third-order valence-corrected chi connectivity index (χ3v) is 4.50. The minimum Gasteiger partial charge on any atom is -0.398 e. The van der Waals surface area contributed by atoms with Crippen LogP contribution in [-0.2, 0) is 11.2 Å². The monoisotopic (exact) mass is 348 g/mol. The summed E-state index contributed by atoms with van der Waals surface area (Å²) < 4.78 is 13.9. The Bertz CT molecular complexity index is 735. The lowest BCUT2D eigenvalue weighted by Gasteiger charge is -2.31. The standard InChI is InChI=1S/C19H21FN2O.ClH/c1-13(14-6-2-3-8-16(14)20)12-19(23)22-11-5-7-15-17(21)9-4-10-18(15)22;/h2-4,6,8-10,13H,5,7,11-12,21H2,1H3;1H. The molecule has 1 atom stereocenters. The molecule has 128 valence electrons. The van der Waals surface area contributed by atoms with E-state index in [4.69, 9.17) is 5.73 Å². The van der Waals surface area contributed by atoms with Crippen LogP contribution in [-0.4, -0.2) is 12.5 Å². The number of nitrogen functional groups attached to an aromatic ring is 1. The first-order valence-corrected chi connectivity index (χ1v) is 8.00. The Morgan fingerprint density at radius 1 is 1.25 bits per heavy atom. The van der Waals surface area contributed by atoms with E-state index in [1.807, 2.05) is 25.1 Å². The van der Waals surface area contributed by atoms with Crippen molar-refractivity contribution in [2.75, 3.05) is 17.2 Å². The van der Waals surface area contributed by atoms with Crippen molar-refractivity contribution in [3.63, 3.8) is 0 Å². The van der Waals surface area contributed by atoms with Gasteiger partial charge in [0, 0.05) is 24.3 Å². The third-order valence-electron chi connectivity index (χ3n) is 4.50. The van der Waals surface area contributed by atoms with Gasteiger partial charge < -0.3 is 10.6 Å². The van der Waals surface area contributed by atoms with E-state index in [9.17, 15) is 9.18 Å². The van der Waals surface area contributed by atoms with Crippen molar-refractivity contribution >= 4 is 29.7 Å². The largest absolute Gasteiger partial charge is 0.398 e. The number of hydrogen-bond donors (Lipinski definition) is 1. The molecule has 0 bridgehead atoms. The fraction of sp³-hybridized carbons (Fsp3) is 0.316. The molecule has 5 heteroatoms. The molecule has 1 heterocycles. The summed E-state index contributed by atoms with van der Waals surface area (Å²) >= 11 is 0. The molecule has 3 rings (SSSR count). The Labute approximate surface area is 148 Å². The maximum atomic E-state index is 13.9. The Balaban J connectivity index is 0.00000208. The van der Waals surface area contributed by atoms with Crippen molar-refractivity contribution in [3.05, 3.63) is 59.4 Å². The van der Waals surface area contributed by atoms with Gasteiger partial charge in [-0.05, 0) is 48.1 Å². The first kappa shape index (κ1) is 18.3. The van der Waals surface area contributed by atoms with E-state index in [1.165, 1.54) is 6.07 Å². The van der Waals surface area contributed by atoms with E-state index in [0.29, 0.717) is 12.1 Å². The molecule has 0 aromatic heterocycles. The first-order valence-electron chi connectivity index (χ1n) is 8.00. The molecule has 0 saturated heterocycles. The Morgan fingerprint density at radius 2 is 2.00 bits per heavy atom. The van der Waals surface area contributed by atoms with Gasteiger partial charge in [-0.2, -0.15) is 0 Å². The van der Waals surface area contributed by atoms with Crippen molar-refractivity contribution in [1.82, 2.24) is 0 Å². The lowest BCUT2D eigenvalue weighted by Crippen LogP contribution is -2.36. The van der Waals surface area contributed by atoms with Gasteiger partial charge in [-0.15, -0.1) is 12.4 Å². The van der Waals surface area contributed by atoms with Crippen LogP contribution < -0.4 is 10.6 Å². The second-order valence-electron chi connectivity index (χ2n) is 6.12. The van der Waals surface area contributed by atoms with Gasteiger partial charge in [0.15, 0.2) is 0 Å². The summed E-state index contributed by atoms with van der Waals surface area (Å²) in [5, 5.41) is 0. The fourth-order valence-electron chi connectivity index (χ4n) is 3.27. The van der Waals surface area contributed by atoms with Gasteiger partial charge in [0.25, 0.3) is 0 Å². The van der Waals surface area contributed by atoms with Gasteiger partial charge in [0.1, 0.15) is 5.82 Å². The summed E-state index contributed by atoms with van der Waals surface area (Å²) in [6.45, 7) is 2.58. The van der Waals surface area contributed by atoms with Gasteiger partial charge >= 0.3 is 0 Å². The highest BCUT2D eigenvalue weighted by Gasteiger charge is 2.25. The number of hydrogen-bond acceptors (Lipinski definition) is 2. The normalized spacial score (nSPS) is 14.5. The van der Waals surface area contributed by atoms with Gasteiger partial charge in [-0.25, -0.2) is 4.39 Å². The molecule has 2 aromatic rings. The molecular formula is C19H22ClFN2O. The molecule has 0 aliphatic carbocycles. The Kier molecular flexibility index (Phi) is 5.84. The summed E-state index contributed by atoms with van der Waals surface area (Å²) in [5.41, 5.74) is 9.31. The van der Waals surface area contributed by atoms with Crippen LogP contribution in [0.2, 0.25) is 0 Å². The molecule has 0 fully saturated rings. The van der Waals surface area contributed by atoms with Crippen LogP contribution in [0.1, 0.15) is 36.8 Å². The molecular weight excluding hydrogens is 327 g/mol. The highest BCUT2D eigenvalue weighted by Crippen LogP contribution is 2.33. The first-order chi connectivity index (χ1) is 11.1. The molecule has 1 aliphatic rings. The highest BCUT2D eigenvalue weighted by molar-refractivity contribution is 5.95. The van der Waals surface area contributed by atoms with Crippen molar-refractivity contribution in [2.24, 2.45) is 0 Å². The van der Waals surface area contributed by atoms with Crippen molar-refractivity contribution in [3.8, 4) is 0 Å². The molecule has 1 unspecified atom stereocenters. The maximum Gasteiger partial charge on any atom is 0.227 e. The van der Waals surface area contributed by atoms with Crippen LogP contribution >= 0.6 is 12.4 Å². The highest BCUT2D eigenvalue weighted by atomic mass is 35.5. The molecule has 3 nitrogen and oxygen atoms in total. The third kappa shape index (κ3) is 3.54. The number of benzene rings is 2. The zero-order valence-corrected chi connectivity index (χ0v) is 14.5. The van der Waals surface area contributed by atoms with Crippen LogP contribution in [0.4, 0.5) is 15.8 Å². The Hall–Kier alpha value is -2.07. The summed E-state index contributed by atoms with van der Waals surface area (Å²) in [7, 11) is 0. The minimum absolute atomic E-state index is 0. The van der Waals surface area contributed by atoms with Crippen LogP contribution in [0, 0.1) is 5.82 Å². The molecule has 24 heavy (non-hydrogen) atoms. The number of nitrogens with two attached hydrogens (primary N) is 1. The SMILES string of the molecule is CC(CC(=O)N1CCCc2c(N)cccc21)c1ccccc1F.Cl. The van der Waals surface area contributed by atoms with Crippen molar-refractivity contribution in [2.45, 2.75) is 32.1 Å². The summed E-state index contributed by atoms with van der Waals surface area (Å²) in [6.07, 6.45) is 2.09. The number of nitrogens with zero attached hydrogens (tertiary/aromatic N) is 1. The van der Waals surface area contributed by atoms with Crippen LogP contribution in [0.3, 0.4) is 0 Å². The molecule has 1 aliphatic heterocycles. The van der Waals surface area contributed by atoms with E-state index in [0.717, 1.165) is 29.8 Å². The molecule has 2 aromatic carbocycles. The number of rotatable bonds is 3. The lowest BCUT2D eigenvalue weighted by molar-refractivity contribution is -0.119. The average Bonchev–Trinajstić information content (AvgIpc) is 2.55. The van der Waals surface area contributed by atoms with E-state index in [1.54, 1.807) is 23.1 Å². The topological polar surface area (TPSA) is 46.3 Å². The van der Waals surface area contributed by atoms with E-state index < -0.39 is 0 Å². The molecule has 0 saturated carbocycles. The summed E-state index contributed by atoms with van der Waals surface area (Å²) in [4.78, 5) is 14.5. The predicted octanol–water partition coefficient (Wildman–Crippen LogP) is 4.30. The van der Waals surface area contributed by atoms with Crippen LogP contribution in [0.5, 0.6) is 0 Å². The lowest BCUT2D eigenvalue weighted by atomic mass is 9.95. The average molecular weight is 349 g/mol. The quantitative estimate of drug-likeness (QED) is 0.840. The van der Waals surface area contributed by atoms with Crippen molar-refractivity contribution < 1.29 is 9.18 Å². The number of halogens is 2. The zero-order chi connectivity index (χ0) is 16.4. The number of carbonyl (C=O) groups excluding carboxylic acids is 1. The molecule has 1 amide bonds. The second-order valence-corrected chi connectivity index (χ2v) is 6.12. The van der Waals surface area contributed by atoms with Crippen LogP contribution in [0.15, 0.2) is 42.5 Å². The van der Waals surface area contributed by atoms with Gasteiger partial charge in [0.05, 0.1) is 0 Å². The Morgan fingerprint density at radius 3 is 2.75 bits per heavy atom. The number of amides is 1. The van der Waals surface area contributed by atoms with Crippen molar-refractivity contribution in [1.29, 1.82) is 0 Å². The maximum absolute atomic E-state index is 13.9. The second kappa shape index (κ2) is 7.67. The minimum atomic E-state index is -0.254. The molecule has 0 radical (unpaired) electrons. The smallest absolute Gasteiger partial charge is 0.227 e. The summed E-state index contributed by atoms with van der Waals surface area (Å²) in [6, 6.07) is 12.3. The van der Waals surface area contributed by atoms with Gasteiger partial charge in [0.2, 0.25) is 5.91 Å². The van der Waals surface area contributed by atoms with Crippen LogP contribution in [0.25, 0.3) is 0 Å². The molecule has 2 N–H and O–H groups in total. The van der Waals surface area contributed by atoms with E-state index in [-0.39, 0.29) is 36.5 Å². The molecule has 0 spiro atoms.